The quantitative estimate of drug-likeness (QED) is 0.652. The minimum Gasteiger partial charge on any atom is -0.490 e. The first-order valence-electron chi connectivity index (χ1n) is 7.47. The van der Waals surface area contributed by atoms with Crippen LogP contribution in [0.5, 0.6) is 5.75 Å². The van der Waals surface area contributed by atoms with E-state index in [1.165, 1.54) is 29.5 Å². The van der Waals surface area contributed by atoms with Gasteiger partial charge >= 0.3 is 0 Å². The number of benzene rings is 2. The maximum absolute atomic E-state index is 5.80. The summed E-state index contributed by atoms with van der Waals surface area (Å²) in [4.78, 5) is 0. The van der Waals surface area contributed by atoms with E-state index in [4.69, 9.17) is 10.6 Å². The molecule has 0 aromatic heterocycles. The predicted molar refractivity (Wildman–Crippen MR) is 85.2 cm³/mol. The van der Waals surface area contributed by atoms with Gasteiger partial charge in [-0.05, 0) is 55.5 Å². The average Bonchev–Trinajstić information content (AvgIpc) is 3.29. The molecule has 0 aliphatic heterocycles. The van der Waals surface area contributed by atoms with Gasteiger partial charge in [0.2, 0.25) is 0 Å². The van der Waals surface area contributed by atoms with E-state index in [2.05, 4.69) is 49.6 Å². The van der Waals surface area contributed by atoms with Crippen molar-refractivity contribution in [2.45, 2.75) is 38.8 Å². The summed E-state index contributed by atoms with van der Waals surface area (Å²) in [6.45, 7) is 4.22. The Morgan fingerprint density at radius 2 is 1.81 bits per heavy atom. The summed E-state index contributed by atoms with van der Waals surface area (Å²) in [6, 6.07) is 14.7. The molecule has 2 aromatic carbocycles. The van der Waals surface area contributed by atoms with Crippen molar-refractivity contribution in [3.63, 3.8) is 0 Å². The van der Waals surface area contributed by atoms with E-state index in [9.17, 15) is 0 Å². The molecule has 0 heterocycles. The Morgan fingerprint density at radius 3 is 2.43 bits per heavy atom. The van der Waals surface area contributed by atoms with Crippen LogP contribution in [0.1, 0.15) is 41.1 Å². The number of hydrogen-bond donors (Lipinski definition) is 2. The molecule has 0 saturated heterocycles. The highest BCUT2D eigenvalue weighted by Crippen LogP contribution is 2.29. The van der Waals surface area contributed by atoms with Crippen molar-refractivity contribution < 1.29 is 4.74 Å². The normalized spacial score (nSPS) is 15.8. The average molecular weight is 282 g/mol. The second-order valence-electron chi connectivity index (χ2n) is 5.85. The zero-order valence-corrected chi connectivity index (χ0v) is 12.6. The molecule has 3 heteroatoms. The van der Waals surface area contributed by atoms with Gasteiger partial charge in [-0.3, -0.25) is 5.84 Å². The van der Waals surface area contributed by atoms with Crippen LogP contribution in [-0.4, -0.2) is 6.10 Å². The van der Waals surface area contributed by atoms with Gasteiger partial charge < -0.3 is 4.74 Å². The lowest BCUT2D eigenvalue weighted by atomic mass is 9.94. The standard InChI is InChI=1S/C18H22N2O/c1-12-3-4-13(2)17(11-12)18(20-19)14-5-7-15(8-6-14)21-16-9-10-16/h3-8,11,16,18,20H,9-10,19H2,1-2H3. The van der Waals surface area contributed by atoms with E-state index < -0.39 is 0 Å². The van der Waals surface area contributed by atoms with Crippen LogP contribution < -0.4 is 16.0 Å². The summed E-state index contributed by atoms with van der Waals surface area (Å²) in [5.74, 6) is 6.75. The smallest absolute Gasteiger partial charge is 0.119 e. The van der Waals surface area contributed by atoms with Crippen LogP contribution in [0.2, 0.25) is 0 Å². The maximum atomic E-state index is 5.80. The molecule has 3 rings (SSSR count). The van der Waals surface area contributed by atoms with Gasteiger partial charge in [0.15, 0.2) is 0 Å². The summed E-state index contributed by atoms with van der Waals surface area (Å²) in [5.41, 5.74) is 7.78. The molecular weight excluding hydrogens is 260 g/mol. The van der Waals surface area contributed by atoms with E-state index in [1.54, 1.807) is 0 Å². The van der Waals surface area contributed by atoms with Crippen molar-refractivity contribution in [3.05, 3.63) is 64.7 Å². The summed E-state index contributed by atoms with van der Waals surface area (Å²) < 4.78 is 5.79. The van der Waals surface area contributed by atoms with E-state index in [1.807, 2.05) is 12.1 Å². The molecule has 1 atom stereocenters. The molecule has 1 saturated carbocycles. The highest BCUT2D eigenvalue weighted by Gasteiger charge is 2.23. The molecule has 1 fully saturated rings. The van der Waals surface area contributed by atoms with Gasteiger partial charge in [-0.1, -0.05) is 35.9 Å². The number of hydrogen-bond acceptors (Lipinski definition) is 3. The van der Waals surface area contributed by atoms with Crippen molar-refractivity contribution in [1.82, 2.24) is 5.43 Å². The largest absolute Gasteiger partial charge is 0.490 e. The molecule has 1 aliphatic rings. The van der Waals surface area contributed by atoms with E-state index >= 15 is 0 Å². The molecule has 110 valence electrons. The minimum atomic E-state index is -0.000116. The Hall–Kier alpha value is -1.84. The fourth-order valence-electron chi connectivity index (χ4n) is 2.55. The SMILES string of the molecule is Cc1ccc(C)c(C(NN)c2ccc(OC3CC3)cc2)c1. The van der Waals surface area contributed by atoms with Gasteiger partial charge in [-0.15, -0.1) is 0 Å². The molecule has 0 spiro atoms. The number of rotatable bonds is 5. The predicted octanol–water partition coefficient (Wildman–Crippen LogP) is 3.40. The molecule has 2 aromatic rings. The molecule has 1 aliphatic carbocycles. The van der Waals surface area contributed by atoms with Crippen molar-refractivity contribution in [2.24, 2.45) is 5.84 Å². The number of nitrogens with one attached hydrogen (secondary N) is 1. The Bertz CT molecular complexity index is 618. The third kappa shape index (κ3) is 3.26. The van der Waals surface area contributed by atoms with Crippen LogP contribution in [0.4, 0.5) is 0 Å². The number of ether oxygens (including phenoxy) is 1. The topological polar surface area (TPSA) is 47.3 Å². The highest BCUT2D eigenvalue weighted by atomic mass is 16.5. The summed E-state index contributed by atoms with van der Waals surface area (Å²) in [5, 5.41) is 0. The Labute approximate surface area is 126 Å². The molecule has 0 bridgehead atoms. The zero-order chi connectivity index (χ0) is 14.8. The van der Waals surface area contributed by atoms with Gasteiger partial charge in [-0.2, -0.15) is 0 Å². The Kier molecular flexibility index (Phi) is 3.95. The van der Waals surface area contributed by atoms with Gasteiger partial charge in [0.05, 0.1) is 12.1 Å². The zero-order valence-electron chi connectivity index (χ0n) is 12.6. The fraction of sp³-hybridized carbons (Fsp3) is 0.333. The van der Waals surface area contributed by atoms with Gasteiger partial charge in [0.25, 0.3) is 0 Å². The van der Waals surface area contributed by atoms with Crippen molar-refractivity contribution in [2.75, 3.05) is 0 Å². The third-order valence-electron chi connectivity index (χ3n) is 3.95. The first-order chi connectivity index (χ1) is 10.2. The second-order valence-corrected chi connectivity index (χ2v) is 5.85. The van der Waals surface area contributed by atoms with E-state index in [0.29, 0.717) is 6.10 Å². The lowest BCUT2D eigenvalue weighted by molar-refractivity contribution is 0.303. The molecule has 21 heavy (non-hydrogen) atoms. The molecule has 0 radical (unpaired) electrons. The fourth-order valence-corrected chi connectivity index (χ4v) is 2.55. The monoisotopic (exact) mass is 282 g/mol. The van der Waals surface area contributed by atoms with Gasteiger partial charge in [0, 0.05) is 0 Å². The number of aryl methyl sites for hydroxylation is 2. The highest BCUT2D eigenvalue weighted by molar-refractivity contribution is 5.40. The van der Waals surface area contributed by atoms with Crippen molar-refractivity contribution in [3.8, 4) is 5.75 Å². The van der Waals surface area contributed by atoms with Crippen LogP contribution in [0.15, 0.2) is 42.5 Å². The molecule has 1 unspecified atom stereocenters. The lowest BCUT2D eigenvalue weighted by Crippen LogP contribution is -2.29. The van der Waals surface area contributed by atoms with Crippen molar-refractivity contribution in [1.29, 1.82) is 0 Å². The number of hydrazine groups is 1. The van der Waals surface area contributed by atoms with E-state index in [-0.39, 0.29) is 6.04 Å². The maximum Gasteiger partial charge on any atom is 0.119 e. The first kappa shape index (κ1) is 14.1. The van der Waals surface area contributed by atoms with Crippen LogP contribution in [0.25, 0.3) is 0 Å². The van der Waals surface area contributed by atoms with E-state index in [0.717, 1.165) is 11.3 Å². The van der Waals surface area contributed by atoms with Crippen LogP contribution in [0.3, 0.4) is 0 Å². The summed E-state index contributed by atoms with van der Waals surface area (Å²) in [6.07, 6.45) is 2.78. The summed E-state index contributed by atoms with van der Waals surface area (Å²) in [7, 11) is 0. The van der Waals surface area contributed by atoms with Gasteiger partial charge in [0.1, 0.15) is 5.75 Å². The number of nitrogens with two attached hydrogens (primary N) is 1. The second kappa shape index (κ2) is 5.88. The third-order valence-corrected chi connectivity index (χ3v) is 3.95. The van der Waals surface area contributed by atoms with Crippen LogP contribution in [0, 0.1) is 13.8 Å². The molecule has 0 amide bonds. The minimum absolute atomic E-state index is 0.000116. The lowest BCUT2D eigenvalue weighted by Gasteiger charge is -2.20. The Morgan fingerprint density at radius 1 is 1.10 bits per heavy atom. The Balaban J connectivity index is 1.86. The van der Waals surface area contributed by atoms with Crippen LogP contribution >= 0.6 is 0 Å². The first-order valence-corrected chi connectivity index (χ1v) is 7.47. The van der Waals surface area contributed by atoms with Crippen LogP contribution in [-0.2, 0) is 0 Å². The molecular formula is C18H22N2O. The molecule has 3 N–H and O–H groups in total. The molecule has 3 nitrogen and oxygen atoms in total. The van der Waals surface area contributed by atoms with Gasteiger partial charge in [-0.25, -0.2) is 5.43 Å². The summed E-state index contributed by atoms with van der Waals surface area (Å²) >= 11 is 0. The van der Waals surface area contributed by atoms with Crippen molar-refractivity contribution >= 4 is 0 Å².